The van der Waals surface area contributed by atoms with Crippen molar-refractivity contribution < 1.29 is 18.0 Å². The van der Waals surface area contributed by atoms with E-state index in [-0.39, 0.29) is 12.5 Å². The van der Waals surface area contributed by atoms with Gasteiger partial charge in [0, 0.05) is 17.1 Å². The standard InChI is InChI=1S/C15H15F3N2O/c1-10-3-4-11(2)20(10)9-14(21)19-13-7-5-12(6-8-13)15(16,17)18/h3-8H,9H2,1-2H3,(H,19,21). The van der Waals surface area contributed by atoms with Gasteiger partial charge in [0.25, 0.3) is 0 Å². The van der Waals surface area contributed by atoms with E-state index in [1.807, 2.05) is 30.5 Å². The van der Waals surface area contributed by atoms with E-state index in [9.17, 15) is 18.0 Å². The first-order valence-electron chi connectivity index (χ1n) is 6.37. The number of halogens is 3. The number of alkyl halides is 3. The molecule has 0 saturated heterocycles. The molecule has 0 unspecified atom stereocenters. The summed E-state index contributed by atoms with van der Waals surface area (Å²) in [6.07, 6.45) is -4.37. The smallest absolute Gasteiger partial charge is 0.340 e. The number of amides is 1. The van der Waals surface area contributed by atoms with Gasteiger partial charge in [-0.2, -0.15) is 13.2 Å². The molecule has 112 valence electrons. The molecule has 1 heterocycles. The minimum Gasteiger partial charge on any atom is -0.340 e. The monoisotopic (exact) mass is 296 g/mol. The SMILES string of the molecule is Cc1ccc(C)n1CC(=O)Nc1ccc(C(F)(F)F)cc1. The second-order valence-corrected chi connectivity index (χ2v) is 4.83. The fourth-order valence-corrected chi connectivity index (χ4v) is 2.04. The third kappa shape index (κ3) is 3.65. The van der Waals surface area contributed by atoms with Crippen LogP contribution in [0.5, 0.6) is 0 Å². The zero-order valence-electron chi connectivity index (χ0n) is 11.7. The molecule has 1 amide bonds. The first kappa shape index (κ1) is 15.2. The van der Waals surface area contributed by atoms with E-state index in [1.54, 1.807) is 0 Å². The lowest BCUT2D eigenvalue weighted by molar-refractivity contribution is -0.137. The number of anilines is 1. The molecule has 6 heteroatoms. The number of hydrogen-bond acceptors (Lipinski definition) is 1. The Kier molecular flexibility index (Phi) is 4.06. The van der Waals surface area contributed by atoms with Crippen LogP contribution in [0.3, 0.4) is 0 Å². The summed E-state index contributed by atoms with van der Waals surface area (Å²) in [7, 11) is 0. The number of carbonyl (C=O) groups excluding carboxylic acids is 1. The van der Waals surface area contributed by atoms with Crippen LogP contribution in [0.15, 0.2) is 36.4 Å². The second-order valence-electron chi connectivity index (χ2n) is 4.83. The maximum atomic E-state index is 12.4. The molecule has 0 spiro atoms. The van der Waals surface area contributed by atoms with Crippen molar-refractivity contribution in [2.75, 3.05) is 5.32 Å². The number of aryl methyl sites for hydroxylation is 2. The van der Waals surface area contributed by atoms with Gasteiger partial charge in [0.15, 0.2) is 0 Å². The Morgan fingerprint density at radius 1 is 1.05 bits per heavy atom. The first-order chi connectivity index (χ1) is 9.77. The fourth-order valence-electron chi connectivity index (χ4n) is 2.04. The summed E-state index contributed by atoms with van der Waals surface area (Å²) in [5.41, 5.74) is 1.51. The number of nitrogens with zero attached hydrogens (tertiary/aromatic N) is 1. The maximum Gasteiger partial charge on any atom is 0.416 e. The van der Waals surface area contributed by atoms with Crippen LogP contribution in [0.2, 0.25) is 0 Å². The molecule has 2 aromatic rings. The third-order valence-corrected chi connectivity index (χ3v) is 3.21. The highest BCUT2D eigenvalue weighted by Gasteiger charge is 2.29. The predicted molar refractivity (Wildman–Crippen MR) is 74.0 cm³/mol. The summed E-state index contributed by atoms with van der Waals surface area (Å²) in [6.45, 7) is 3.91. The number of carbonyl (C=O) groups is 1. The highest BCUT2D eigenvalue weighted by atomic mass is 19.4. The van der Waals surface area contributed by atoms with Crippen LogP contribution in [0, 0.1) is 13.8 Å². The zero-order chi connectivity index (χ0) is 15.6. The molecule has 2 rings (SSSR count). The summed E-state index contributed by atoms with van der Waals surface area (Å²) in [4.78, 5) is 11.9. The molecule has 0 aliphatic heterocycles. The normalized spacial score (nSPS) is 11.5. The Labute approximate surface area is 120 Å². The number of aromatic nitrogens is 1. The highest BCUT2D eigenvalue weighted by Crippen LogP contribution is 2.29. The molecular weight excluding hydrogens is 281 g/mol. The Hall–Kier alpha value is -2.24. The first-order valence-corrected chi connectivity index (χ1v) is 6.37. The van der Waals surface area contributed by atoms with Crippen LogP contribution in [-0.4, -0.2) is 10.5 Å². The van der Waals surface area contributed by atoms with Gasteiger partial charge < -0.3 is 9.88 Å². The van der Waals surface area contributed by atoms with E-state index in [0.29, 0.717) is 5.69 Å². The van der Waals surface area contributed by atoms with Crippen LogP contribution >= 0.6 is 0 Å². The average molecular weight is 296 g/mol. The molecule has 0 fully saturated rings. The third-order valence-electron chi connectivity index (χ3n) is 3.21. The van der Waals surface area contributed by atoms with E-state index in [0.717, 1.165) is 23.5 Å². The van der Waals surface area contributed by atoms with Crippen molar-refractivity contribution in [1.82, 2.24) is 4.57 Å². The Morgan fingerprint density at radius 2 is 1.57 bits per heavy atom. The van der Waals surface area contributed by atoms with Crippen LogP contribution in [-0.2, 0) is 17.5 Å². The van der Waals surface area contributed by atoms with Gasteiger partial charge in [-0.1, -0.05) is 0 Å². The van der Waals surface area contributed by atoms with Gasteiger partial charge in [0.2, 0.25) is 5.91 Å². The number of rotatable bonds is 3. The molecule has 1 aromatic heterocycles. The van der Waals surface area contributed by atoms with Crippen LogP contribution in [0.1, 0.15) is 17.0 Å². The quantitative estimate of drug-likeness (QED) is 0.919. The minimum atomic E-state index is -4.37. The molecule has 0 radical (unpaired) electrons. The van der Waals surface area contributed by atoms with Crippen LogP contribution < -0.4 is 5.32 Å². The Morgan fingerprint density at radius 3 is 2.05 bits per heavy atom. The maximum absolute atomic E-state index is 12.4. The molecule has 0 atom stereocenters. The summed E-state index contributed by atoms with van der Waals surface area (Å²) in [6, 6.07) is 8.19. The molecule has 21 heavy (non-hydrogen) atoms. The lowest BCUT2D eigenvalue weighted by Gasteiger charge is -2.11. The average Bonchev–Trinajstić information content (AvgIpc) is 2.70. The number of hydrogen-bond donors (Lipinski definition) is 1. The number of benzene rings is 1. The van der Waals surface area contributed by atoms with E-state index in [2.05, 4.69) is 5.32 Å². The lowest BCUT2D eigenvalue weighted by Crippen LogP contribution is -2.20. The minimum absolute atomic E-state index is 0.131. The summed E-state index contributed by atoms with van der Waals surface area (Å²) in [5.74, 6) is -0.280. The van der Waals surface area contributed by atoms with Gasteiger partial charge in [0.05, 0.1) is 5.56 Å². The lowest BCUT2D eigenvalue weighted by atomic mass is 10.2. The molecule has 1 N–H and O–H groups in total. The molecule has 3 nitrogen and oxygen atoms in total. The van der Waals surface area contributed by atoms with E-state index in [1.165, 1.54) is 12.1 Å². The summed E-state index contributed by atoms with van der Waals surface area (Å²) in [5, 5.41) is 2.59. The van der Waals surface area contributed by atoms with Crippen molar-refractivity contribution in [2.45, 2.75) is 26.6 Å². The van der Waals surface area contributed by atoms with Gasteiger partial charge in [-0.25, -0.2) is 0 Å². The van der Waals surface area contributed by atoms with Gasteiger partial charge in [0.1, 0.15) is 6.54 Å². The highest BCUT2D eigenvalue weighted by molar-refractivity contribution is 5.90. The largest absolute Gasteiger partial charge is 0.416 e. The molecule has 0 saturated carbocycles. The van der Waals surface area contributed by atoms with Gasteiger partial charge in [-0.3, -0.25) is 4.79 Å². The van der Waals surface area contributed by atoms with Crippen molar-refractivity contribution in [2.24, 2.45) is 0 Å². The predicted octanol–water partition coefficient (Wildman–Crippen LogP) is 3.76. The van der Waals surface area contributed by atoms with Crippen molar-refractivity contribution >= 4 is 11.6 Å². The molecule has 0 aliphatic rings. The van der Waals surface area contributed by atoms with Gasteiger partial charge in [-0.05, 0) is 50.2 Å². The topological polar surface area (TPSA) is 34.0 Å². The summed E-state index contributed by atoms with van der Waals surface area (Å²) >= 11 is 0. The molecule has 0 aliphatic carbocycles. The fraction of sp³-hybridized carbons (Fsp3) is 0.267. The van der Waals surface area contributed by atoms with E-state index in [4.69, 9.17) is 0 Å². The van der Waals surface area contributed by atoms with E-state index < -0.39 is 11.7 Å². The van der Waals surface area contributed by atoms with Crippen molar-refractivity contribution in [3.63, 3.8) is 0 Å². The Balaban J connectivity index is 2.03. The number of nitrogens with one attached hydrogen (secondary N) is 1. The Bertz CT molecular complexity index is 622. The van der Waals surface area contributed by atoms with E-state index >= 15 is 0 Å². The summed E-state index contributed by atoms with van der Waals surface area (Å²) < 4.78 is 39.1. The van der Waals surface area contributed by atoms with Crippen molar-refractivity contribution in [1.29, 1.82) is 0 Å². The van der Waals surface area contributed by atoms with Gasteiger partial charge >= 0.3 is 6.18 Å². The van der Waals surface area contributed by atoms with Crippen LogP contribution in [0.25, 0.3) is 0 Å². The molecular formula is C15H15F3N2O. The van der Waals surface area contributed by atoms with Gasteiger partial charge in [-0.15, -0.1) is 0 Å². The second kappa shape index (κ2) is 5.63. The van der Waals surface area contributed by atoms with Crippen molar-refractivity contribution in [3.8, 4) is 0 Å². The molecule has 1 aromatic carbocycles. The van der Waals surface area contributed by atoms with Crippen molar-refractivity contribution in [3.05, 3.63) is 53.3 Å². The molecule has 0 bridgehead atoms. The zero-order valence-corrected chi connectivity index (χ0v) is 11.7. The van der Waals surface area contributed by atoms with Crippen LogP contribution in [0.4, 0.5) is 18.9 Å².